The van der Waals surface area contributed by atoms with Gasteiger partial charge in [0, 0.05) is 0 Å². The second kappa shape index (κ2) is 7.45. The molecule has 0 amide bonds. The fraction of sp³-hybridized carbons (Fsp3) is 0.647. The van der Waals surface area contributed by atoms with Gasteiger partial charge in [0.1, 0.15) is 5.75 Å². The molecule has 0 saturated heterocycles. The molecule has 1 fully saturated rings. The number of aryl methyl sites for hydroxylation is 1. The van der Waals surface area contributed by atoms with Crippen molar-refractivity contribution in [3.8, 4) is 5.75 Å². The Hall–Kier alpha value is -0.980. The van der Waals surface area contributed by atoms with E-state index in [0.717, 1.165) is 18.3 Å². The molecule has 0 heterocycles. The maximum Gasteiger partial charge on any atom is 0.119 e. The van der Waals surface area contributed by atoms with Gasteiger partial charge >= 0.3 is 0 Å². The normalized spacial score (nSPS) is 16.7. The van der Waals surface area contributed by atoms with Crippen LogP contribution in [0, 0.1) is 5.92 Å². The zero-order valence-corrected chi connectivity index (χ0v) is 11.7. The van der Waals surface area contributed by atoms with Crippen molar-refractivity contribution in [1.29, 1.82) is 0 Å². The zero-order chi connectivity index (χ0) is 12.6. The van der Waals surface area contributed by atoms with Crippen molar-refractivity contribution in [2.24, 2.45) is 5.92 Å². The molecule has 1 nitrogen and oxygen atoms in total. The molecule has 1 aliphatic carbocycles. The summed E-state index contributed by atoms with van der Waals surface area (Å²) in [4.78, 5) is 0. The lowest BCUT2D eigenvalue weighted by Crippen LogP contribution is -2.06. The van der Waals surface area contributed by atoms with Gasteiger partial charge in [0.05, 0.1) is 6.61 Å². The average Bonchev–Trinajstić information content (AvgIpc) is 2.41. The number of hydrogen-bond donors (Lipinski definition) is 0. The molecule has 18 heavy (non-hydrogen) atoms. The standard InChI is InChI=1S/C17H26O/c1-2-18-17-13-7-12-16(14-17)11-6-10-15-8-4-3-5-9-15/h7,12-15H,2-6,8-11H2,1H3. The van der Waals surface area contributed by atoms with Gasteiger partial charge in [0.15, 0.2) is 0 Å². The molecule has 0 spiro atoms. The first-order chi connectivity index (χ1) is 8.88. The molecule has 0 unspecified atom stereocenters. The lowest BCUT2D eigenvalue weighted by Gasteiger charge is -2.21. The van der Waals surface area contributed by atoms with E-state index in [-0.39, 0.29) is 0 Å². The summed E-state index contributed by atoms with van der Waals surface area (Å²) in [5.74, 6) is 2.03. The summed E-state index contributed by atoms with van der Waals surface area (Å²) in [6.45, 7) is 2.79. The average molecular weight is 246 g/mol. The lowest BCUT2D eigenvalue weighted by atomic mass is 9.85. The van der Waals surface area contributed by atoms with Gasteiger partial charge in [-0.25, -0.2) is 0 Å². The van der Waals surface area contributed by atoms with Crippen LogP contribution in [0.4, 0.5) is 0 Å². The van der Waals surface area contributed by atoms with E-state index in [1.54, 1.807) is 0 Å². The molecule has 0 N–H and O–H groups in total. The quantitative estimate of drug-likeness (QED) is 0.687. The topological polar surface area (TPSA) is 9.23 Å². The molecule has 0 aromatic heterocycles. The Morgan fingerprint density at radius 1 is 1.17 bits per heavy atom. The first-order valence-electron chi connectivity index (χ1n) is 7.60. The van der Waals surface area contributed by atoms with Crippen molar-refractivity contribution in [3.05, 3.63) is 29.8 Å². The molecule has 0 aliphatic heterocycles. The highest BCUT2D eigenvalue weighted by atomic mass is 16.5. The Bertz CT molecular complexity index is 339. The Morgan fingerprint density at radius 3 is 2.78 bits per heavy atom. The van der Waals surface area contributed by atoms with E-state index in [4.69, 9.17) is 4.74 Å². The maximum atomic E-state index is 5.54. The van der Waals surface area contributed by atoms with Gasteiger partial charge in [0.25, 0.3) is 0 Å². The summed E-state index contributed by atoms with van der Waals surface area (Å²) in [6.07, 6.45) is 11.3. The van der Waals surface area contributed by atoms with Crippen LogP contribution in [-0.2, 0) is 6.42 Å². The monoisotopic (exact) mass is 246 g/mol. The summed E-state index contributed by atoms with van der Waals surface area (Å²) in [6, 6.07) is 8.59. The third-order valence-corrected chi connectivity index (χ3v) is 4.01. The maximum absolute atomic E-state index is 5.54. The highest BCUT2D eigenvalue weighted by molar-refractivity contribution is 5.28. The van der Waals surface area contributed by atoms with Crippen LogP contribution in [0.2, 0.25) is 0 Å². The van der Waals surface area contributed by atoms with Gasteiger partial charge in [-0.1, -0.05) is 50.7 Å². The van der Waals surface area contributed by atoms with Crippen LogP contribution in [0.5, 0.6) is 5.75 Å². The first kappa shape index (κ1) is 13.5. The minimum absolute atomic E-state index is 0.755. The molecule has 1 aliphatic rings. The van der Waals surface area contributed by atoms with Crippen molar-refractivity contribution in [1.82, 2.24) is 0 Å². The van der Waals surface area contributed by atoms with Crippen LogP contribution < -0.4 is 4.74 Å². The van der Waals surface area contributed by atoms with Crippen LogP contribution in [-0.4, -0.2) is 6.61 Å². The van der Waals surface area contributed by atoms with Gasteiger partial charge < -0.3 is 4.74 Å². The Morgan fingerprint density at radius 2 is 2.00 bits per heavy atom. The molecule has 1 heteroatoms. The smallest absolute Gasteiger partial charge is 0.119 e. The molecule has 0 radical (unpaired) electrons. The molecule has 0 bridgehead atoms. The second-order valence-corrected chi connectivity index (χ2v) is 5.48. The molecule has 1 saturated carbocycles. The molecule has 0 atom stereocenters. The Labute approximate surface area is 112 Å². The third kappa shape index (κ3) is 4.36. The largest absolute Gasteiger partial charge is 0.494 e. The fourth-order valence-electron chi connectivity index (χ4n) is 3.03. The van der Waals surface area contributed by atoms with Crippen LogP contribution in [0.15, 0.2) is 24.3 Å². The molecule has 2 rings (SSSR count). The van der Waals surface area contributed by atoms with Crippen LogP contribution >= 0.6 is 0 Å². The molecule has 100 valence electrons. The number of rotatable bonds is 6. The van der Waals surface area contributed by atoms with Crippen molar-refractivity contribution in [3.63, 3.8) is 0 Å². The SMILES string of the molecule is CCOc1cccc(CCCC2CCCCC2)c1. The summed E-state index contributed by atoms with van der Waals surface area (Å²) in [5, 5.41) is 0. The highest BCUT2D eigenvalue weighted by Crippen LogP contribution is 2.28. The van der Waals surface area contributed by atoms with E-state index in [1.807, 2.05) is 13.0 Å². The summed E-state index contributed by atoms with van der Waals surface area (Å²) >= 11 is 0. The van der Waals surface area contributed by atoms with Crippen LogP contribution in [0.25, 0.3) is 0 Å². The van der Waals surface area contributed by atoms with E-state index >= 15 is 0 Å². The van der Waals surface area contributed by atoms with Gasteiger partial charge in [-0.3, -0.25) is 0 Å². The van der Waals surface area contributed by atoms with Crippen molar-refractivity contribution in [2.45, 2.75) is 58.3 Å². The van der Waals surface area contributed by atoms with Crippen molar-refractivity contribution >= 4 is 0 Å². The Balaban J connectivity index is 1.73. The van der Waals surface area contributed by atoms with E-state index in [1.165, 1.54) is 56.9 Å². The van der Waals surface area contributed by atoms with E-state index in [2.05, 4.69) is 18.2 Å². The zero-order valence-electron chi connectivity index (χ0n) is 11.7. The summed E-state index contributed by atoms with van der Waals surface area (Å²) in [5.41, 5.74) is 1.43. The minimum Gasteiger partial charge on any atom is -0.494 e. The predicted molar refractivity (Wildman–Crippen MR) is 77.1 cm³/mol. The minimum atomic E-state index is 0.755. The summed E-state index contributed by atoms with van der Waals surface area (Å²) in [7, 11) is 0. The lowest BCUT2D eigenvalue weighted by molar-refractivity contribution is 0.331. The van der Waals surface area contributed by atoms with Crippen molar-refractivity contribution in [2.75, 3.05) is 6.61 Å². The predicted octanol–water partition coefficient (Wildman–Crippen LogP) is 4.99. The van der Waals surface area contributed by atoms with Gasteiger partial charge in [-0.05, 0) is 43.4 Å². The van der Waals surface area contributed by atoms with Crippen molar-refractivity contribution < 1.29 is 4.74 Å². The van der Waals surface area contributed by atoms with Crippen LogP contribution in [0.3, 0.4) is 0 Å². The molecular weight excluding hydrogens is 220 g/mol. The number of ether oxygens (including phenoxy) is 1. The molecular formula is C17H26O. The third-order valence-electron chi connectivity index (χ3n) is 4.01. The van der Waals surface area contributed by atoms with Gasteiger partial charge in [0.2, 0.25) is 0 Å². The van der Waals surface area contributed by atoms with E-state index in [0.29, 0.717) is 0 Å². The fourth-order valence-corrected chi connectivity index (χ4v) is 3.03. The number of hydrogen-bond acceptors (Lipinski definition) is 1. The van der Waals surface area contributed by atoms with Gasteiger partial charge in [-0.15, -0.1) is 0 Å². The molecule has 1 aromatic rings. The molecule has 1 aromatic carbocycles. The first-order valence-corrected chi connectivity index (χ1v) is 7.60. The second-order valence-electron chi connectivity index (χ2n) is 5.48. The summed E-state index contributed by atoms with van der Waals surface area (Å²) < 4.78 is 5.54. The number of benzene rings is 1. The highest BCUT2D eigenvalue weighted by Gasteiger charge is 2.12. The van der Waals surface area contributed by atoms with Crippen LogP contribution in [0.1, 0.15) is 57.4 Å². The van der Waals surface area contributed by atoms with E-state index < -0.39 is 0 Å². The van der Waals surface area contributed by atoms with Gasteiger partial charge in [-0.2, -0.15) is 0 Å². The Kier molecular flexibility index (Phi) is 5.57. The van der Waals surface area contributed by atoms with E-state index in [9.17, 15) is 0 Å².